The summed E-state index contributed by atoms with van der Waals surface area (Å²) in [6, 6.07) is 0. The number of rotatable bonds is 7. The van der Waals surface area contributed by atoms with E-state index in [2.05, 4.69) is 0 Å². The zero-order valence-electron chi connectivity index (χ0n) is 8.93. The number of aliphatic hydroxyl groups is 4. The molecule has 0 aromatic heterocycles. The van der Waals surface area contributed by atoms with Crippen molar-refractivity contribution < 1.29 is 20.4 Å². The third kappa shape index (κ3) is 8.36. The van der Waals surface area contributed by atoms with Crippen LogP contribution in [0.25, 0.3) is 0 Å². The first-order valence-electron chi connectivity index (χ1n) is 4.66. The van der Waals surface area contributed by atoms with Gasteiger partial charge in [-0.25, -0.2) is 0 Å². The maximum atomic E-state index is 8.61. The minimum Gasteiger partial charge on any atom is -0.381 e. The van der Waals surface area contributed by atoms with E-state index in [1.54, 1.807) is 0 Å². The minimum absolute atomic E-state index is 0.235. The predicted molar refractivity (Wildman–Crippen MR) is 53.1 cm³/mol. The molecule has 0 amide bonds. The second-order valence-corrected chi connectivity index (χ2v) is 2.35. The average Bonchev–Trinajstić information content (AvgIpc) is 2.28. The fraction of sp³-hybridized carbons (Fsp3) is 1.00. The first kappa shape index (κ1) is 16.2. The monoisotopic (exact) mass is 210 g/mol. The Morgan fingerprint density at radius 2 is 0.857 bits per heavy atom. The number of aliphatic hydroxyl groups excluding tert-OH is 4. The Morgan fingerprint density at radius 1 is 0.643 bits per heavy atom. The maximum Gasteiger partial charge on any atom is 0.0974 e. The Kier molecular flexibility index (Phi) is 14.8. The van der Waals surface area contributed by atoms with Crippen molar-refractivity contribution in [3.05, 3.63) is 0 Å². The van der Waals surface area contributed by atoms with Crippen molar-refractivity contribution in [3.63, 3.8) is 0 Å². The molecule has 14 heavy (non-hydrogen) atoms. The van der Waals surface area contributed by atoms with Crippen LogP contribution in [0.2, 0.25) is 0 Å². The van der Waals surface area contributed by atoms with Gasteiger partial charge in [-0.15, -0.1) is 0 Å². The van der Waals surface area contributed by atoms with E-state index in [0.29, 0.717) is 13.1 Å². The van der Waals surface area contributed by atoms with Gasteiger partial charge in [-0.1, -0.05) is 13.8 Å². The maximum absolute atomic E-state index is 8.61. The van der Waals surface area contributed by atoms with Crippen molar-refractivity contribution >= 4 is 0 Å². The lowest BCUT2D eigenvalue weighted by Crippen LogP contribution is -2.37. The average molecular weight is 210 g/mol. The van der Waals surface area contributed by atoms with Crippen LogP contribution < -0.4 is 0 Å². The van der Waals surface area contributed by atoms with Gasteiger partial charge in [0.05, 0.1) is 26.9 Å². The smallest absolute Gasteiger partial charge is 0.0974 e. The first-order valence-corrected chi connectivity index (χ1v) is 4.66. The summed E-state index contributed by atoms with van der Waals surface area (Å²) in [5.41, 5.74) is 0. The van der Waals surface area contributed by atoms with Crippen molar-refractivity contribution in [2.45, 2.75) is 13.8 Å². The summed E-state index contributed by atoms with van der Waals surface area (Å²) in [5, 5.41) is 34.4. The van der Waals surface area contributed by atoms with Crippen LogP contribution >= 0.6 is 0 Å². The van der Waals surface area contributed by atoms with E-state index in [-0.39, 0.29) is 26.9 Å². The zero-order chi connectivity index (χ0) is 11.4. The van der Waals surface area contributed by atoms with Gasteiger partial charge in [0.1, 0.15) is 0 Å². The Labute approximate surface area is 85.0 Å². The molecule has 6 heteroatoms. The van der Waals surface area contributed by atoms with Gasteiger partial charge in [0.15, 0.2) is 0 Å². The van der Waals surface area contributed by atoms with E-state index < -0.39 is 0 Å². The summed E-state index contributed by atoms with van der Waals surface area (Å²) >= 11 is 0. The summed E-state index contributed by atoms with van der Waals surface area (Å²) in [4.78, 5) is 2.72. The molecule has 0 aliphatic rings. The Balaban J connectivity index is 0. The third-order valence-corrected chi connectivity index (χ3v) is 1.53. The Hall–Kier alpha value is -0.240. The highest BCUT2D eigenvalue weighted by atomic mass is 16.3. The van der Waals surface area contributed by atoms with Gasteiger partial charge in [0.25, 0.3) is 0 Å². The molecule has 4 N–H and O–H groups in total. The second kappa shape index (κ2) is 12.8. The molecule has 0 heterocycles. The molecule has 0 spiro atoms. The van der Waals surface area contributed by atoms with E-state index in [1.165, 1.54) is 9.80 Å². The highest BCUT2D eigenvalue weighted by Crippen LogP contribution is 1.87. The van der Waals surface area contributed by atoms with Crippen LogP contribution in [0.4, 0.5) is 0 Å². The van der Waals surface area contributed by atoms with Gasteiger partial charge in [0.2, 0.25) is 0 Å². The minimum atomic E-state index is -0.235. The van der Waals surface area contributed by atoms with E-state index in [4.69, 9.17) is 20.4 Å². The molecule has 0 rings (SSSR count). The van der Waals surface area contributed by atoms with Crippen molar-refractivity contribution in [3.8, 4) is 0 Å². The summed E-state index contributed by atoms with van der Waals surface area (Å²) in [5.74, 6) is 0. The zero-order valence-corrected chi connectivity index (χ0v) is 8.93. The number of hydrogen-bond acceptors (Lipinski definition) is 6. The van der Waals surface area contributed by atoms with Crippen LogP contribution in [-0.4, -0.2) is 70.2 Å². The van der Waals surface area contributed by atoms with Gasteiger partial charge in [-0.2, -0.15) is 0 Å². The van der Waals surface area contributed by atoms with Gasteiger partial charge < -0.3 is 20.4 Å². The lowest BCUT2D eigenvalue weighted by Gasteiger charge is -2.21. The summed E-state index contributed by atoms with van der Waals surface area (Å²) < 4.78 is 0. The van der Waals surface area contributed by atoms with Gasteiger partial charge in [0, 0.05) is 13.1 Å². The quantitative estimate of drug-likeness (QED) is 0.379. The SMILES string of the molecule is CC.OCN(CO)CCN(CO)CO. The number of nitrogens with zero attached hydrogens (tertiary/aromatic N) is 2. The summed E-state index contributed by atoms with van der Waals surface area (Å²) in [7, 11) is 0. The predicted octanol–water partition coefficient (Wildman–Crippen LogP) is -1.58. The fourth-order valence-corrected chi connectivity index (χ4v) is 0.655. The molecule has 0 aliphatic heterocycles. The molecular formula is C8H22N2O4. The van der Waals surface area contributed by atoms with Crippen LogP contribution in [0.5, 0.6) is 0 Å². The molecule has 0 saturated heterocycles. The Morgan fingerprint density at radius 3 is 1.00 bits per heavy atom. The largest absolute Gasteiger partial charge is 0.381 e. The molecular weight excluding hydrogens is 188 g/mol. The highest BCUT2D eigenvalue weighted by molar-refractivity contribution is 4.51. The standard InChI is InChI=1S/C6H16N2O4.C2H6/c9-3-7(4-10)1-2-8(5-11)6-12;1-2/h9-12H,1-6H2;1-2H3. The van der Waals surface area contributed by atoms with E-state index in [1.807, 2.05) is 13.8 Å². The molecule has 0 unspecified atom stereocenters. The lowest BCUT2D eigenvalue weighted by atomic mass is 10.5. The topological polar surface area (TPSA) is 87.4 Å². The van der Waals surface area contributed by atoms with Gasteiger partial charge >= 0.3 is 0 Å². The summed E-state index contributed by atoms with van der Waals surface area (Å²) in [6.07, 6.45) is 0. The van der Waals surface area contributed by atoms with Gasteiger partial charge in [-0.3, -0.25) is 9.80 Å². The van der Waals surface area contributed by atoms with Crippen LogP contribution in [0, 0.1) is 0 Å². The molecule has 0 radical (unpaired) electrons. The lowest BCUT2D eigenvalue weighted by molar-refractivity contribution is -0.00837. The fourth-order valence-electron chi connectivity index (χ4n) is 0.655. The third-order valence-electron chi connectivity index (χ3n) is 1.53. The van der Waals surface area contributed by atoms with E-state index >= 15 is 0 Å². The highest BCUT2D eigenvalue weighted by Gasteiger charge is 2.04. The van der Waals surface area contributed by atoms with Gasteiger partial charge in [-0.05, 0) is 0 Å². The van der Waals surface area contributed by atoms with Crippen LogP contribution in [0.3, 0.4) is 0 Å². The van der Waals surface area contributed by atoms with Crippen LogP contribution in [-0.2, 0) is 0 Å². The summed E-state index contributed by atoms with van der Waals surface area (Å²) in [6.45, 7) is 3.85. The van der Waals surface area contributed by atoms with Crippen molar-refractivity contribution in [1.29, 1.82) is 0 Å². The molecule has 6 nitrogen and oxygen atoms in total. The van der Waals surface area contributed by atoms with Crippen LogP contribution in [0.1, 0.15) is 13.8 Å². The Bertz CT molecular complexity index is 85.3. The van der Waals surface area contributed by atoms with Crippen molar-refractivity contribution in [2.24, 2.45) is 0 Å². The molecule has 0 atom stereocenters. The number of hydrogen-bond donors (Lipinski definition) is 4. The normalized spacial score (nSPS) is 10.3. The second-order valence-electron chi connectivity index (χ2n) is 2.35. The van der Waals surface area contributed by atoms with Crippen LogP contribution in [0.15, 0.2) is 0 Å². The van der Waals surface area contributed by atoms with E-state index in [9.17, 15) is 0 Å². The molecule has 0 aromatic carbocycles. The van der Waals surface area contributed by atoms with Crippen molar-refractivity contribution in [2.75, 3.05) is 40.0 Å². The molecule has 0 bridgehead atoms. The van der Waals surface area contributed by atoms with E-state index in [0.717, 1.165) is 0 Å². The molecule has 0 aliphatic carbocycles. The first-order chi connectivity index (χ1) is 6.78. The van der Waals surface area contributed by atoms with Crippen molar-refractivity contribution in [1.82, 2.24) is 9.80 Å². The molecule has 0 fully saturated rings. The molecule has 0 saturated carbocycles. The molecule has 0 aromatic rings. The molecule has 88 valence electrons.